The van der Waals surface area contributed by atoms with Crippen molar-refractivity contribution in [3.63, 3.8) is 0 Å². The van der Waals surface area contributed by atoms with Gasteiger partial charge in [0.05, 0.1) is 17.8 Å². The monoisotopic (exact) mass is 182 g/mol. The number of aromatic nitrogens is 2. The lowest BCUT2D eigenvalue weighted by Crippen LogP contribution is -1.79. The molecule has 62 valence electrons. The van der Waals surface area contributed by atoms with E-state index in [0.717, 1.165) is 11.3 Å². The first kappa shape index (κ1) is 7.43. The number of hydrogen-bond donors (Lipinski definition) is 1. The highest BCUT2D eigenvalue weighted by Crippen LogP contribution is 2.12. The van der Waals surface area contributed by atoms with E-state index in [4.69, 9.17) is 16.7 Å². The molecule has 0 aliphatic heterocycles. The summed E-state index contributed by atoms with van der Waals surface area (Å²) >= 11 is 5.60. The first-order valence-corrected chi connectivity index (χ1v) is 4.05. The summed E-state index contributed by atoms with van der Waals surface area (Å²) in [6.07, 6.45) is 3.39. The summed E-state index contributed by atoms with van der Waals surface area (Å²) in [6.45, 7) is 0. The molecule has 0 saturated heterocycles. The smallest absolute Gasteiger partial charge is 0.137 e. The van der Waals surface area contributed by atoms with Crippen LogP contribution in [0.25, 0.3) is 5.65 Å². The average molecular weight is 183 g/mol. The lowest BCUT2D eigenvalue weighted by Gasteiger charge is -1.92. The Balaban J connectivity index is 2.67. The van der Waals surface area contributed by atoms with Crippen LogP contribution in [-0.4, -0.2) is 14.5 Å². The zero-order chi connectivity index (χ0) is 8.55. The lowest BCUT2D eigenvalue weighted by molar-refractivity contribution is 0.472. The summed E-state index contributed by atoms with van der Waals surface area (Å²) in [5, 5.41) is 9.13. The van der Waals surface area contributed by atoms with Crippen molar-refractivity contribution in [1.29, 1.82) is 0 Å². The number of fused-ring (bicyclic) bond motifs is 1. The van der Waals surface area contributed by atoms with Crippen LogP contribution >= 0.6 is 11.6 Å². The highest BCUT2D eigenvalue weighted by atomic mass is 35.5. The molecule has 0 radical (unpaired) electrons. The van der Waals surface area contributed by atoms with Gasteiger partial charge in [-0.3, -0.25) is 0 Å². The molecule has 0 aromatic carbocycles. The molecule has 0 atom stereocenters. The molecule has 0 bridgehead atoms. The van der Waals surface area contributed by atoms with Gasteiger partial charge in [-0.15, -0.1) is 11.6 Å². The first-order chi connectivity index (χ1) is 5.79. The second-order valence-corrected chi connectivity index (χ2v) is 2.79. The molecule has 0 unspecified atom stereocenters. The van der Waals surface area contributed by atoms with Crippen molar-refractivity contribution in [3.05, 3.63) is 30.2 Å². The second-order valence-electron chi connectivity index (χ2n) is 2.52. The Bertz CT molecular complexity index is 410. The lowest BCUT2D eigenvalue weighted by atomic mass is 10.4. The van der Waals surface area contributed by atoms with Crippen molar-refractivity contribution in [2.24, 2.45) is 0 Å². The Morgan fingerprint density at radius 1 is 1.42 bits per heavy atom. The van der Waals surface area contributed by atoms with Gasteiger partial charge in [-0.1, -0.05) is 0 Å². The van der Waals surface area contributed by atoms with E-state index in [1.807, 2.05) is 0 Å². The van der Waals surface area contributed by atoms with E-state index < -0.39 is 0 Å². The third-order valence-electron chi connectivity index (χ3n) is 1.62. The van der Waals surface area contributed by atoms with Crippen molar-refractivity contribution in [3.8, 4) is 5.75 Å². The van der Waals surface area contributed by atoms with Crippen LogP contribution < -0.4 is 0 Å². The van der Waals surface area contributed by atoms with Gasteiger partial charge in [0.1, 0.15) is 11.4 Å². The van der Waals surface area contributed by atoms with Gasteiger partial charge in [-0.2, -0.15) is 0 Å². The van der Waals surface area contributed by atoms with Crippen LogP contribution in [0.2, 0.25) is 0 Å². The summed E-state index contributed by atoms with van der Waals surface area (Å²) in [5.41, 5.74) is 1.60. The predicted molar refractivity (Wildman–Crippen MR) is 46.4 cm³/mol. The fourth-order valence-electron chi connectivity index (χ4n) is 1.10. The molecule has 0 aliphatic rings. The van der Waals surface area contributed by atoms with Crippen LogP contribution in [-0.2, 0) is 5.88 Å². The molecule has 0 aliphatic carbocycles. The van der Waals surface area contributed by atoms with Gasteiger partial charge in [-0.05, 0) is 12.1 Å². The molecule has 4 heteroatoms. The molecule has 2 aromatic heterocycles. The zero-order valence-corrected chi connectivity index (χ0v) is 6.99. The van der Waals surface area contributed by atoms with Crippen molar-refractivity contribution in [2.45, 2.75) is 5.88 Å². The number of alkyl halides is 1. The molecule has 2 rings (SSSR count). The van der Waals surface area contributed by atoms with Crippen LogP contribution in [0.15, 0.2) is 24.5 Å². The number of rotatable bonds is 1. The normalized spacial score (nSPS) is 10.8. The number of nitrogens with zero attached hydrogens (tertiary/aromatic N) is 2. The maximum Gasteiger partial charge on any atom is 0.137 e. The molecule has 0 fully saturated rings. The van der Waals surface area contributed by atoms with E-state index in [2.05, 4.69) is 4.98 Å². The topological polar surface area (TPSA) is 37.5 Å². The highest BCUT2D eigenvalue weighted by Gasteiger charge is 1.99. The Morgan fingerprint density at radius 3 is 3.00 bits per heavy atom. The summed E-state index contributed by atoms with van der Waals surface area (Å²) in [7, 11) is 0. The van der Waals surface area contributed by atoms with E-state index in [1.165, 1.54) is 0 Å². The van der Waals surface area contributed by atoms with E-state index in [9.17, 15) is 0 Å². The van der Waals surface area contributed by atoms with Gasteiger partial charge in [0.25, 0.3) is 0 Å². The van der Waals surface area contributed by atoms with Crippen LogP contribution in [0.5, 0.6) is 5.75 Å². The maximum absolute atomic E-state index is 9.13. The standard InChI is InChI=1S/C8H7ClN2O/c9-3-6-4-11-5-7(12)1-2-8(11)10-6/h1-2,4-5,12H,3H2. The average Bonchev–Trinajstić information content (AvgIpc) is 2.46. The fourth-order valence-corrected chi connectivity index (χ4v) is 1.23. The molecule has 2 heterocycles. The predicted octanol–water partition coefficient (Wildman–Crippen LogP) is 1.78. The van der Waals surface area contributed by atoms with Gasteiger partial charge in [0, 0.05) is 6.20 Å². The van der Waals surface area contributed by atoms with Crippen molar-refractivity contribution in [1.82, 2.24) is 9.38 Å². The van der Waals surface area contributed by atoms with E-state index in [1.54, 1.807) is 28.9 Å². The molecular weight excluding hydrogens is 176 g/mol. The summed E-state index contributed by atoms with van der Waals surface area (Å²) in [6, 6.07) is 3.34. The summed E-state index contributed by atoms with van der Waals surface area (Å²) < 4.78 is 1.74. The molecule has 1 N–H and O–H groups in total. The third kappa shape index (κ3) is 1.12. The van der Waals surface area contributed by atoms with Gasteiger partial charge in [0.2, 0.25) is 0 Å². The van der Waals surface area contributed by atoms with E-state index in [0.29, 0.717) is 5.88 Å². The Labute approximate surface area is 74.2 Å². The number of halogens is 1. The van der Waals surface area contributed by atoms with Crippen LogP contribution in [0.3, 0.4) is 0 Å². The Morgan fingerprint density at radius 2 is 2.25 bits per heavy atom. The van der Waals surface area contributed by atoms with Crippen LogP contribution in [0.4, 0.5) is 0 Å². The molecule has 0 spiro atoms. The molecule has 0 amide bonds. The van der Waals surface area contributed by atoms with Crippen molar-refractivity contribution in [2.75, 3.05) is 0 Å². The van der Waals surface area contributed by atoms with Gasteiger partial charge >= 0.3 is 0 Å². The van der Waals surface area contributed by atoms with Gasteiger partial charge in [0.15, 0.2) is 0 Å². The summed E-state index contributed by atoms with van der Waals surface area (Å²) in [4.78, 5) is 4.19. The van der Waals surface area contributed by atoms with E-state index >= 15 is 0 Å². The minimum absolute atomic E-state index is 0.223. The molecule has 12 heavy (non-hydrogen) atoms. The zero-order valence-electron chi connectivity index (χ0n) is 6.24. The minimum Gasteiger partial charge on any atom is -0.506 e. The Kier molecular flexibility index (Phi) is 1.66. The Hall–Kier alpha value is -1.22. The SMILES string of the molecule is Oc1ccc2nc(CCl)cn2c1. The van der Waals surface area contributed by atoms with Crippen LogP contribution in [0.1, 0.15) is 5.69 Å². The largest absolute Gasteiger partial charge is 0.506 e. The maximum atomic E-state index is 9.13. The fraction of sp³-hybridized carbons (Fsp3) is 0.125. The van der Waals surface area contributed by atoms with Crippen molar-refractivity contribution < 1.29 is 5.11 Å². The number of imidazole rings is 1. The third-order valence-corrected chi connectivity index (χ3v) is 1.90. The molecule has 0 saturated carbocycles. The summed E-state index contributed by atoms with van der Waals surface area (Å²) in [5.74, 6) is 0.614. The highest BCUT2D eigenvalue weighted by molar-refractivity contribution is 6.16. The van der Waals surface area contributed by atoms with E-state index in [-0.39, 0.29) is 5.75 Å². The molecular formula is C8H7ClN2O. The number of pyridine rings is 1. The number of aromatic hydroxyl groups is 1. The first-order valence-electron chi connectivity index (χ1n) is 3.52. The van der Waals surface area contributed by atoms with Crippen molar-refractivity contribution >= 4 is 17.2 Å². The quantitative estimate of drug-likeness (QED) is 0.683. The van der Waals surface area contributed by atoms with Crippen LogP contribution in [0, 0.1) is 0 Å². The molecule has 2 aromatic rings. The number of hydrogen-bond acceptors (Lipinski definition) is 2. The second kappa shape index (κ2) is 2.68. The van der Waals surface area contributed by atoms with Gasteiger partial charge < -0.3 is 9.51 Å². The molecule has 3 nitrogen and oxygen atoms in total. The van der Waals surface area contributed by atoms with Gasteiger partial charge in [-0.25, -0.2) is 4.98 Å². The minimum atomic E-state index is 0.223.